The highest BCUT2D eigenvalue weighted by Crippen LogP contribution is 2.23. The molecule has 164 valence electrons. The fraction of sp³-hybridized carbons (Fsp3) is 0.261. The van der Waals surface area contributed by atoms with Crippen LogP contribution in [-0.2, 0) is 21.2 Å². The lowest BCUT2D eigenvalue weighted by molar-refractivity contribution is -0.131. The Kier molecular flexibility index (Phi) is 6.08. The van der Waals surface area contributed by atoms with Gasteiger partial charge in [-0.05, 0) is 31.2 Å². The van der Waals surface area contributed by atoms with E-state index in [0.29, 0.717) is 17.3 Å². The van der Waals surface area contributed by atoms with E-state index in [-0.39, 0.29) is 49.0 Å². The van der Waals surface area contributed by atoms with E-state index in [0.717, 1.165) is 5.56 Å². The van der Waals surface area contributed by atoms with Crippen molar-refractivity contribution in [3.63, 3.8) is 0 Å². The minimum absolute atomic E-state index is 0.00561. The van der Waals surface area contributed by atoms with Crippen LogP contribution in [0.1, 0.15) is 17.0 Å². The second-order valence-electron chi connectivity index (χ2n) is 7.46. The predicted molar refractivity (Wildman–Crippen MR) is 117 cm³/mol. The molecule has 32 heavy (non-hydrogen) atoms. The molecule has 0 spiro atoms. The minimum Gasteiger partial charge on any atom is -0.441 e. The van der Waals surface area contributed by atoms with Gasteiger partial charge in [-0.15, -0.1) is 0 Å². The second kappa shape index (κ2) is 8.94. The Morgan fingerprint density at radius 3 is 2.41 bits per heavy atom. The Morgan fingerprint density at radius 2 is 1.72 bits per heavy atom. The van der Waals surface area contributed by atoms with Crippen LogP contribution in [0.5, 0.6) is 0 Å². The molecule has 1 aliphatic heterocycles. The van der Waals surface area contributed by atoms with Crippen LogP contribution in [0.4, 0.5) is 0 Å². The molecule has 4 rings (SSSR count). The minimum atomic E-state index is -3.80. The van der Waals surface area contributed by atoms with Gasteiger partial charge in [0.05, 0.1) is 22.6 Å². The van der Waals surface area contributed by atoms with Crippen LogP contribution < -0.4 is 0 Å². The first kappa shape index (κ1) is 21.7. The number of oxazole rings is 1. The lowest BCUT2D eigenvalue weighted by Gasteiger charge is -2.34. The number of nitriles is 1. The molecule has 1 saturated heterocycles. The highest BCUT2D eigenvalue weighted by Gasteiger charge is 2.32. The molecule has 0 aliphatic carbocycles. The van der Waals surface area contributed by atoms with Gasteiger partial charge in [-0.3, -0.25) is 4.79 Å². The number of nitrogens with zero attached hydrogens (tertiary/aromatic N) is 4. The average Bonchev–Trinajstić information content (AvgIpc) is 3.19. The molecule has 3 aromatic rings. The molecule has 1 aliphatic rings. The van der Waals surface area contributed by atoms with E-state index >= 15 is 0 Å². The summed E-state index contributed by atoms with van der Waals surface area (Å²) in [5.74, 6) is 0.931. The summed E-state index contributed by atoms with van der Waals surface area (Å²) in [5.41, 5.74) is 1.53. The second-order valence-corrected chi connectivity index (χ2v) is 9.36. The van der Waals surface area contributed by atoms with E-state index in [1.165, 1.54) is 16.4 Å². The van der Waals surface area contributed by atoms with Gasteiger partial charge in [0, 0.05) is 31.7 Å². The molecule has 2 aromatic carbocycles. The van der Waals surface area contributed by atoms with E-state index < -0.39 is 10.0 Å². The highest BCUT2D eigenvalue weighted by atomic mass is 32.2. The smallest absolute Gasteiger partial charge is 0.244 e. The molecule has 0 bridgehead atoms. The van der Waals surface area contributed by atoms with Crippen molar-refractivity contribution in [2.45, 2.75) is 18.2 Å². The van der Waals surface area contributed by atoms with Crippen LogP contribution in [0.2, 0.25) is 0 Å². The normalized spacial score (nSPS) is 14.8. The summed E-state index contributed by atoms with van der Waals surface area (Å²) in [5, 5.41) is 9.23. The van der Waals surface area contributed by atoms with Gasteiger partial charge in [0.25, 0.3) is 0 Å². The molecule has 9 heteroatoms. The number of hydrogen-bond donors (Lipinski definition) is 0. The van der Waals surface area contributed by atoms with Gasteiger partial charge in [-0.25, -0.2) is 13.4 Å². The molecule has 0 atom stereocenters. The van der Waals surface area contributed by atoms with Crippen molar-refractivity contribution >= 4 is 15.9 Å². The van der Waals surface area contributed by atoms with Crippen molar-refractivity contribution in [3.05, 3.63) is 71.6 Å². The zero-order valence-electron chi connectivity index (χ0n) is 17.6. The van der Waals surface area contributed by atoms with Crippen LogP contribution in [0.3, 0.4) is 0 Å². The number of carbonyl (C=O) groups excluding carboxylic acids is 1. The fourth-order valence-electron chi connectivity index (χ4n) is 3.65. The quantitative estimate of drug-likeness (QED) is 0.591. The largest absolute Gasteiger partial charge is 0.441 e. The van der Waals surface area contributed by atoms with E-state index in [2.05, 4.69) is 4.98 Å². The maximum atomic E-state index is 13.0. The highest BCUT2D eigenvalue weighted by molar-refractivity contribution is 7.89. The van der Waals surface area contributed by atoms with Gasteiger partial charge in [0.2, 0.25) is 21.8 Å². The summed E-state index contributed by atoms with van der Waals surface area (Å²) in [7, 11) is -3.80. The third-order valence-electron chi connectivity index (χ3n) is 5.45. The Hall–Kier alpha value is -3.48. The number of sulfonamides is 1. The van der Waals surface area contributed by atoms with Gasteiger partial charge >= 0.3 is 0 Å². The molecule has 1 fully saturated rings. The monoisotopic (exact) mass is 450 g/mol. The van der Waals surface area contributed by atoms with Crippen molar-refractivity contribution in [1.29, 1.82) is 5.26 Å². The van der Waals surface area contributed by atoms with Crippen molar-refractivity contribution in [2.24, 2.45) is 0 Å². The zero-order chi connectivity index (χ0) is 22.7. The molecular weight excluding hydrogens is 428 g/mol. The molecule has 1 amide bonds. The number of hydrogen-bond acceptors (Lipinski definition) is 6. The van der Waals surface area contributed by atoms with Crippen LogP contribution >= 0.6 is 0 Å². The number of aryl methyl sites for hydroxylation is 1. The van der Waals surface area contributed by atoms with Gasteiger partial charge in [0.15, 0.2) is 0 Å². The van der Waals surface area contributed by atoms with Crippen molar-refractivity contribution in [2.75, 3.05) is 26.2 Å². The van der Waals surface area contributed by atoms with Crippen molar-refractivity contribution in [3.8, 4) is 17.5 Å². The maximum Gasteiger partial charge on any atom is 0.244 e. The Morgan fingerprint density at radius 1 is 1.06 bits per heavy atom. The zero-order valence-corrected chi connectivity index (χ0v) is 18.4. The lowest BCUT2D eigenvalue weighted by atomic mass is 10.2. The van der Waals surface area contributed by atoms with E-state index in [9.17, 15) is 18.5 Å². The lowest BCUT2D eigenvalue weighted by Crippen LogP contribution is -2.51. The Bertz CT molecular complexity index is 1270. The average molecular weight is 451 g/mol. The fourth-order valence-corrected chi connectivity index (χ4v) is 5.22. The Balaban J connectivity index is 1.41. The van der Waals surface area contributed by atoms with Crippen LogP contribution in [-0.4, -0.2) is 54.7 Å². The molecular formula is C23H22N4O4S. The number of aromatic nitrogens is 1. The van der Waals surface area contributed by atoms with Crippen molar-refractivity contribution in [1.82, 2.24) is 14.2 Å². The third-order valence-corrected chi connectivity index (χ3v) is 7.41. The molecule has 1 aromatic heterocycles. The topological polar surface area (TPSA) is 108 Å². The van der Waals surface area contributed by atoms with Gasteiger partial charge in [0.1, 0.15) is 11.8 Å². The van der Waals surface area contributed by atoms with E-state index in [4.69, 9.17) is 4.42 Å². The predicted octanol–water partition coefficient (Wildman–Crippen LogP) is 2.60. The summed E-state index contributed by atoms with van der Waals surface area (Å²) in [4.78, 5) is 18.9. The summed E-state index contributed by atoms with van der Waals surface area (Å²) < 4.78 is 33.0. The number of piperazine rings is 1. The first-order chi connectivity index (χ1) is 15.4. The first-order valence-corrected chi connectivity index (χ1v) is 11.6. The number of amides is 1. The van der Waals surface area contributed by atoms with Crippen LogP contribution in [0, 0.1) is 18.3 Å². The molecule has 0 saturated carbocycles. The molecule has 2 heterocycles. The SMILES string of the molecule is Cc1oc(-c2ccccc2)nc1CC(=O)N1CCN(S(=O)(=O)c2ccccc2C#N)CC1. The van der Waals surface area contributed by atoms with Gasteiger partial charge < -0.3 is 9.32 Å². The number of carbonyl (C=O) groups is 1. The van der Waals surface area contributed by atoms with Gasteiger partial charge in [-0.2, -0.15) is 9.57 Å². The molecule has 8 nitrogen and oxygen atoms in total. The standard InChI is InChI=1S/C23H22N4O4S/c1-17-20(25-23(31-17)18-7-3-2-4-8-18)15-22(28)26-11-13-27(14-12-26)32(29,30)21-10-6-5-9-19(21)16-24/h2-10H,11-15H2,1H3. The maximum absolute atomic E-state index is 13.0. The van der Waals surface area contributed by atoms with Crippen molar-refractivity contribution < 1.29 is 17.6 Å². The molecule has 0 unspecified atom stereocenters. The molecule has 0 radical (unpaired) electrons. The van der Waals surface area contributed by atoms with Crippen LogP contribution in [0.25, 0.3) is 11.5 Å². The number of rotatable bonds is 5. The van der Waals surface area contributed by atoms with E-state index in [1.807, 2.05) is 36.4 Å². The van der Waals surface area contributed by atoms with Gasteiger partial charge in [-0.1, -0.05) is 30.3 Å². The third kappa shape index (κ3) is 4.28. The summed E-state index contributed by atoms with van der Waals surface area (Å²) >= 11 is 0. The van der Waals surface area contributed by atoms with Crippen LogP contribution in [0.15, 0.2) is 63.9 Å². The first-order valence-electron chi connectivity index (χ1n) is 10.2. The van der Waals surface area contributed by atoms with E-state index in [1.54, 1.807) is 24.0 Å². The number of benzene rings is 2. The summed E-state index contributed by atoms with van der Waals surface area (Å²) in [6, 6.07) is 17.5. The Labute approximate surface area is 186 Å². The summed E-state index contributed by atoms with van der Waals surface area (Å²) in [6.45, 7) is 2.66. The summed E-state index contributed by atoms with van der Waals surface area (Å²) in [6.07, 6.45) is 0.0895. The molecule has 0 N–H and O–H groups in total.